The third-order valence-electron chi connectivity index (χ3n) is 3.84. The third kappa shape index (κ3) is 2.53. The van der Waals surface area contributed by atoms with E-state index in [2.05, 4.69) is 4.98 Å². The van der Waals surface area contributed by atoms with Gasteiger partial charge in [-0.2, -0.15) is 0 Å². The predicted octanol–water partition coefficient (Wildman–Crippen LogP) is 2.36. The maximum absolute atomic E-state index is 11.8. The lowest BCUT2D eigenvalue weighted by atomic mass is 10.1. The largest absolute Gasteiger partial charge is 0.494 e. The molecule has 0 aliphatic carbocycles. The molecule has 2 heterocycles. The van der Waals surface area contributed by atoms with Crippen LogP contribution in [0.15, 0.2) is 12.1 Å². The Labute approximate surface area is 132 Å². The van der Waals surface area contributed by atoms with Gasteiger partial charge in [0.2, 0.25) is 0 Å². The molecule has 0 radical (unpaired) electrons. The van der Waals surface area contributed by atoms with Crippen molar-refractivity contribution >= 4 is 28.6 Å². The van der Waals surface area contributed by atoms with Crippen molar-refractivity contribution in [2.45, 2.75) is 24.9 Å². The Balaban J connectivity index is 2.15. The van der Waals surface area contributed by atoms with E-state index in [-0.39, 0.29) is 12.0 Å². The predicted molar refractivity (Wildman–Crippen MR) is 81.5 cm³/mol. The molecule has 118 valence electrons. The van der Waals surface area contributed by atoms with Gasteiger partial charge in [-0.05, 0) is 18.6 Å². The molecule has 0 unspecified atom stereocenters. The number of hydrogen-bond donors (Lipinski definition) is 0. The van der Waals surface area contributed by atoms with E-state index in [4.69, 9.17) is 25.8 Å². The fourth-order valence-electron chi connectivity index (χ4n) is 2.57. The highest BCUT2D eigenvalue weighted by molar-refractivity contribution is 6.17. The zero-order chi connectivity index (χ0) is 15.7. The SMILES string of the molecule is COC(=O)c1cc(OC)c2nc(CCl)n(C[C@@H]3CCO3)c2c1. The summed E-state index contributed by atoms with van der Waals surface area (Å²) >= 11 is 6.02. The number of fused-ring (bicyclic) bond motifs is 1. The first-order chi connectivity index (χ1) is 10.7. The smallest absolute Gasteiger partial charge is 0.338 e. The molecule has 1 saturated heterocycles. The number of carbonyl (C=O) groups excluding carboxylic acids is 1. The van der Waals surface area contributed by atoms with Gasteiger partial charge in [0.1, 0.15) is 17.1 Å². The van der Waals surface area contributed by atoms with Crippen molar-refractivity contribution in [2.24, 2.45) is 0 Å². The standard InChI is InChI=1S/C15H17ClN2O4/c1-20-12-6-9(15(19)21-2)5-11-14(12)17-13(7-16)18(11)8-10-3-4-22-10/h5-6,10H,3-4,7-8H2,1-2H3/t10-/m0/s1. The van der Waals surface area contributed by atoms with Gasteiger partial charge in [-0.1, -0.05) is 0 Å². The molecule has 0 N–H and O–H groups in total. The van der Waals surface area contributed by atoms with Crippen LogP contribution in [0.5, 0.6) is 5.75 Å². The van der Waals surface area contributed by atoms with E-state index in [1.54, 1.807) is 19.2 Å². The van der Waals surface area contributed by atoms with Crippen molar-refractivity contribution in [1.29, 1.82) is 0 Å². The van der Waals surface area contributed by atoms with E-state index in [0.717, 1.165) is 24.4 Å². The molecule has 0 spiro atoms. The quantitative estimate of drug-likeness (QED) is 0.624. The van der Waals surface area contributed by atoms with Crippen molar-refractivity contribution in [3.05, 3.63) is 23.5 Å². The van der Waals surface area contributed by atoms with Gasteiger partial charge in [0, 0.05) is 6.61 Å². The molecule has 6 nitrogen and oxygen atoms in total. The molecule has 0 amide bonds. The molecule has 1 fully saturated rings. The number of imidazole rings is 1. The fraction of sp³-hybridized carbons (Fsp3) is 0.467. The summed E-state index contributed by atoms with van der Waals surface area (Å²) in [5.74, 6) is 1.11. The highest BCUT2D eigenvalue weighted by Crippen LogP contribution is 2.30. The van der Waals surface area contributed by atoms with E-state index in [1.165, 1.54) is 7.11 Å². The van der Waals surface area contributed by atoms with Crippen LogP contribution in [0, 0.1) is 0 Å². The average molecular weight is 325 g/mol. The first-order valence-electron chi connectivity index (χ1n) is 7.01. The minimum Gasteiger partial charge on any atom is -0.494 e. The molecular weight excluding hydrogens is 308 g/mol. The van der Waals surface area contributed by atoms with Gasteiger partial charge in [-0.15, -0.1) is 11.6 Å². The number of aromatic nitrogens is 2. The van der Waals surface area contributed by atoms with Gasteiger partial charge in [0.25, 0.3) is 0 Å². The number of halogens is 1. The van der Waals surface area contributed by atoms with Gasteiger partial charge in [-0.3, -0.25) is 0 Å². The van der Waals surface area contributed by atoms with E-state index in [1.807, 2.05) is 4.57 Å². The number of esters is 1. The number of ether oxygens (including phenoxy) is 3. The molecular formula is C15H17ClN2O4. The molecule has 1 aliphatic heterocycles. The first kappa shape index (κ1) is 15.1. The topological polar surface area (TPSA) is 62.6 Å². The maximum atomic E-state index is 11.8. The summed E-state index contributed by atoms with van der Waals surface area (Å²) in [6.45, 7) is 1.44. The van der Waals surface area contributed by atoms with Crippen LogP contribution < -0.4 is 4.74 Å². The third-order valence-corrected chi connectivity index (χ3v) is 4.08. The van der Waals surface area contributed by atoms with E-state index < -0.39 is 5.97 Å². The lowest BCUT2D eigenvalue weighted by molar-refractivity contribution is -0.0589. The van der Waals surface area contributed by atoms with Gasteiger partial charge < -0.3 is 18.8 Å². The number of alkyl halides is 1. The summed E-state index contributed by atoms with van der Waals surface area (Å²) in [7, 11) is 2.90. The van der Waals surface area contributed by atoms with Crippen LogP contribution in [0.2, 0.25) is 0 Å². The summed E-state index contributed by atoms with van der Waals surface area (Å²) in [4.78, 5) is 16.4. The minimum absolute atomic E-state index is 0.159. The number of rotatable bonds is 5. The molecule has 1 atom stereocenters. The molecule has 1 aromatic heterocycles. The zero-order valence-corrected chi connectivity index (χ0v) is 13.2. The van der Waals surface area contributed by atoms with Crippen molar-refractivity contribution in [2.75, 3.05) is 20.8 Å². The fourth-order valence-corrected chi connectivity index (χ4v) is 2.77. The van der Waals surface area contributed by atoms with Crippen molar-refractivity contribution in [3.63, 3.8) is 0 Å². The Kier molecular flexibility index (Phi) is 4.22. The Bertz CT molecular complexity index is 709. The van der Waals surface area contributed by atoms with Crippen LogP contribution in [0.4, 0.5) is 0 Å². The van der Waals surface area contributed by atoms with Crippen LogP contribution in [-0.2, 0) is 21.9 Å². The molecule has 2 aromatic rings. The Morgan fingerprint density at radius 3 is 2.82 bits per heavy atom. The number of methoxy groups -OCH3 is 2. The Hall–Kier alpha value is -1.79. The number of hydrogen-bond acceptors (Lipinski definition) is 5. The normalized spacial score (nSPS) is 17.3. The first-order valence-corrected chi connectivity index (χ1v) is 7.54. The van der Waals surface area contributed by atoms with Crippen LogP contribution in [0.25, 0.3) is 11.0 Å². The second kappa shape index (κ2) is 6.14. The Morgan fingerprint density at radius 1 is 1.50 bits per heavy atom. The maximum Gasteiger partial charge on any atom is 0.338 e. The van der Waals surface area contributed by atoms with Crippen molar-refractivity contribution in [1.82, 2.24) is 9.55 Å². The zero-order valence-electron chi connectivity index (χ0n) is 12.5. The molecule has 22 heavy (non-hydrogen) atoms. The molecule has 7 heteroatoms. The highest BCUT2D eigenvalue weighted by atomic mass is 35.5. The van der Waals surface area contributed by atoms with Gasteiger partial charge in [0.15, 0.2) is 0 Å². The lowest BCUT2D eigenvalue weighted by Crippen LogP contribution is -2.31. The highest BCUT2D eigenvalue weighted by Gasteiger charge is 2.23. The van der Waals surface area contributed by atoms with Crippen LogP contribution in [0.3, 0.4) is 0 Å². The van der Waals surface area contributed by atoms with Gasteiger partial charge in [-0.25, -0.2) is 9.78 Å². The Morgan fingerprint density at radius 2 is 2.27 bits per heavy atom. The van der Waals surface area contributed by atoms with Crippen LogP contribution >= 0.6 is 11.6 Å². The van der Waals surface area contributed by atoms with E-state index in [0.29, 0.717) is 23.4 Å². The van der Waals surface area contributed by atoms with E-state index in [9.17, 15) is 4.79 Å². The van der Waals surface area contributed by atoms with Gasteiger partial charge in [0.05, 0.1) is 43.8 Å². The molecule has 1 aliphatic rings. The summed E-state index contributed by atoms with van der Waals surface area (Å²) in [6, 6.07) is 3.38. The number of carbonyl (C=O) groups is 1. The molecule has 0 saturated carbocycles. The number of nitrogens with zero attached hydrogens (tertiary/aromatic N) is 2. The van der Waals surface area contributed by atoms with Crippen LogP contribution in [0.1, 0.15) is 22.6 Å². The lowest BCUT2D eigenvalue weighted by Gasteiger charge is -2.27. The molecule has 0 bridgehead atoms. The van der Waals surface area contributed by atoms with Crippen molar-refractivity contribution < 1.29 is 19.0 Å². The van der Waals surface area contributed by atoms with Gasteiger partial charge >= 0.3 is 5.97 Å². The average Bonchev–Trinajstić information content (AvgIpc) is 2.86. The second-order valence-electron chi connectivity index (χ2n) is 5.09. The summed E-state index contributed by atoms with van der Waals surface area (Å²) < 4.78 is 17.6. The molecule has 1 aromatic carbocycles. The monoisotopic (exact) mass is 324 g/mol. The van der Waals surface area contributed by atoms with Crippen LogP contribution in [-0.4, -0.2) is 42.5 Å². The van der Waals surface area contributed by atoms with Crippen molar-refractivity contribution in [3.8, 4) is 5.75 Å². The minimum atomic E-state index is -0.416. The summed E-state index contributed by atoms with van der Waals surface area (Å²) in [5, 5.41) is 0. The second-order valence-corrected chi connectivity index (χ2v) is 5.36. The van der Waals surface area contributed by atoms with E-state index >= 15 is 0 Å². The summed E-state index contributed by atoms with van der Waals surface area (Å²) in [5.41, 5.74) is 1.90. The summed E-state index contributed by atoms with van der Waals surface area (Å²) in [6.07, 6.45) is 1.17. The number of benzene rings is 1. The molecule has 3 rings (SSSR count).